The van der Waals surface area contributed by atoms with E-state index in [2.05, 4.69) is 117 Å². The van der Waals surface area contributed by atoms with Crippen LogP contribution < -0.4 is 4.74 Å². The predicted molar refractivity (Wildman–Crippen MR) is 190 cm³/mol. The summed E-state index contributed by atoms with van der Waals surface area (Å²) in [5.41, 5.74) is 7.20. The van der Waals surface area contributed by atoms with Crippen LogP contribution in [0.1, 0.15) is 44.4 Å². The maximum absolute atomic E-state index is 6.42. The van der Waals surface area contributed by atoms with Gasteiger partial charge in [-0.15, -0.1) is 47.9 Å². The summed E-state index contributed by atoms with van der Waals surface area (Å²) in [6.07, 6.45) is 3.88. The molecule has 49 heavy (non-hydrogen) atoms. The molecule has 5 nitrogen and oxygen atoms in total. The average molecular weight is 1000 g/mol. The monoisotopic (exact) mass is 999 g/mol. The second-order valence-corrected chi connectivity index (χ2v) is 12.7. The minimum Gasteiger partial charge on any atom is -0.509 e. The maximum Gasteiger partial charge on any atom is 2.00 e. The summed E-state index contributed by atoms with van der Waals surface area (Å²) in [7, 11) is 0. The smallest absolute Gasteiger partial charge is 0.509 e. The molecule has 0 aliphatic heterocycles. The van der Waals surface area contributed by atoms with Gasteiger partial charge in [0.2, 0.25) is 0 Å². The number of pyridine rings is 1. The van der Waals surface area contributed by atoms with Gasteiger partial charge in [-0.1, -0.05) is 93.9 Å². The number of hydrogen-bond donors (Lipinski definition) is 0. The molecule has 0 radical (unpaired) electrons. The van der Waals surface area contributed by atoms with E-state index in [0.717, 1.165) is 49.8 Å². The number of benzene rings is 5. The van der Waals surface area contributed by atoms with E-state index in [1.165, 1.54) is 17.0 Å². The Labute approximate surface area is 315 Å². The quantitative estimate of drug-likeness (QED) is 0.150. The molecule has 0 bridgehead atoms. The minimum atomic E-state index is -0.176. The number of aromatic nitrogens is 4. The number of hydrogen-bond acceptors (Lipinski definition) is 3. The number of ether oxygens (including phenoxy) is 1. The van der Waals surface area contributed by atoms with Crippen molar-refractivity contribution in [3.05, 3.63) is 162 Å². The van der Waals surface area contributed by atoms with Crippen LogP contribution in [0.2, 0.25) is 0 Å². The van der Waals surface area contributed by atoms with Gasteiger partial charge in [-0.3, -0.25) is 9.67 Å². The largest absolute Gasteiger partial charge is 2.00 e. The van der Waals surface area contributed by atoms with E-state index in [9.17, 15) is 0 Å². The van der Waals surface area contributed by atoms with Crippen molar-refractivity contribution < 1.29 is 46.9 Å². The summed E-state index contributed by atoms with van der Waals surface area (Å²) in [6, 6.07) is 46.6. The average Bonchev–Trinajstić information content (AvgIpc) is 3.68. The van der Waals surface area contributed by atoms with E-state index in [1.807, 2.05) is 59.5 Å². The van der Waals surface area contributed by atoms with Crippen molar-refractivity contribution in [3.63, 3.8) is 0 Å². The van der Waals surface area contributed by atoms with Crippen molar-refractivity contribution in [3.8, 4) is 23.0 Å². The van der Waals surface area contributed by atoms with Gasteiger partial charge < -0.3 is 9.30 Å². The van der Waals surface area contributed by atoms with E-state index < -0.39 is 0 Å². The van der Waals surface area contributed by atoms with E-state index in [1.54, 1.807) is 0 Å². The molecule has 0 aliphatic rings. The summed E-state index contributed by atoms with van der Waals surface area (Å²) >= 11 is 0. The van der Waals surface area contributed by atoms with Crippen molar-refractivity contribution >= 4 is 32.7 Å². The molecule has 0 aliphatic carbocycles. The first-order chi connectivity index (χ1) is 22.8. The summed E-state index contributed by atoms with van der Waals surface area (Å²) < 4.78 is 10.4. The van der Waals surface area contributed by atoms with E-state index >= 15 is 0 Å². The molecule has 0 atom stereocenters. The van der Waals surface area contributed by atoms with Crippen molar-refractivity contribution in [2.45, 2.75) is 33.1 Å². The Balaban J connectivity index is 0.00000208. The normalized spacial score (nSPS) is 11.3. The zero-order valence-corrected chi connectivity index (χ0v) is 32.0. The fourth-order valence-electron chi connectivity index (χ4n) is 6.32. The van der Waals surface area contributed by atoms with Crippen LogP contribution in [0.5, 0.6) is 11.5 Å². The van der Waals surface area contributed by atoms with Gasteiger partial charge in [0.05, 0.1) is 11.3 Å². The maximum atomic E-state index is 6.42. The van der Waals surface area contributed by atoms with Gasteiger partial charge in [0.15, 0.2) is 0 Å². The van der Waals surface area contributed by atoms with Crippen LogP contribution in [0.25, 0.3) is 44.2 Å². The first-order valence-electron chi connectivity index (χ1n) is 15.8. The molecule has 0 fully saturated rings. The molecule has 0 saturated heterocycles. The van der Waals surface area contributed by atoms with Crippen molar-refractivity contribution in [2.24, 2.45) is 0 Å². The molecular formula is C42H33N4OPt2-. The summed E-state index contributed by atoms with van der Waals surface area (Å²) in [6.45, 7) is 8.80. The first kappa shape index (κ1) is 34.4. The van der Waals surface area contributed by atoms with Crippen LogP contribution in [0.4, 0.5) is 0 Å². The van der Waals surface area contributed by atoms with Crippen LogP contribution in [0.15, 0.2) is 128 Å². The number of nitrogens with zero attached hydrogens (tertiary/aromatic N) is 4. The van der Waals surface area contributed by atoms with Crippen LogP contribution >= 0.6 is 0 Å². The molecule has 0 unspecified atom stereocenters. The molecule has 248 valence electrons. The fourth-order valence-corrected chi connectivity index (χ4v) is 6.32. The number of fused-ring (bicyclic) bond motifs is 4. The second kappa shape index (κ2) is 13.8. The molecule has 3 heterocycles. The van der Waals surface area contributed by atoms with E-state index in [4.69, 9.17) is 14.8 Å². The fraction of sp³-hybridized carbons (Fsp3) is 0.119. The van der Waals surface area contributed by atoms with Crippen LogP contribution in [-0.2, 0) is 47.5 Å². The topological polar surface area (TPSA) is 44.9 Å². The third kappa shape index (κ3) is 6.39. The Bertz CT molecular complexity index is 2380. The van der Waals surface area contributed by atoms with Gasteiger partial charge in [-0.2, -0.15) is 28.7 Å². The Morgan fingerprint density at radius 1 is 0.735 bits per heavy atom. The van der Waals surface area contributed by atoms with Crippen LogP contribution in [-0.4, -0.2) is 19.3 Å². The summed E-state index contributed by atoms with van der Waals surface area (Å²) in [5.74, 6) is 3.25. The molecule has 7 heteroatoms. The van der Waals surface area contributed by atoms with Crippen LogP contribution in [0, 0.1) is 18.1 Å². The SMILES string of the molecule is C[C-](C)c1ccnc(-n2c3[c-]c(Oc4[c-]c(-n5cc6ccccc6n5)ccc4)ccc3c3cc(C(C)(C)c4ccccc4)ccc32)c1.[Pt+2].[Pt]. The van der Waals surface area contributed by atoms with E-state index in [-0.39, 0.29) is 47.5 Å². The van der Waals surface area contributed by atoms with Gasteiger partial charge in [0.25, 0.3) is 0 Å². The molecule has 3 aromatic heterocycles. The van der Waals surface area contributed by atoms with Crippen molar-refractivity contribution in [1.82, 2.24) is 19.3 Å². The standard InChI is InChI=1S/C42H33N4O.2Pt/c1-28(2)29-21-22-43-41(23-29)46-39-20-17-32(42(3,4)31-12-6-5-7-13-31)24-37(39)36-19-18-35(26-40(36)46)47-34-15-10-14-33(25-34)45-27-30-11-8-9-16-38(30)44-45;;/h5-24,27H,1-4H3;;/q-3;;+2. The Kier molecular flexibility index (Phi) is 9.71. The molecule has 8 aromatic rings. The molecular weight excluding hydrogens is 967 g/mol. The van der Waals surface area contributed by atoms with Crippen molar-refractivity contribution in [2.75, 3.05) is 0 Å². The summed E-state index contributed by atoms with van der Waals surface area (Å²) in [4.78, 5) is 4.83. The molecule has 5 aromatic carbocycles. The number of rotatable bonds is 7. The van der Waals surface area contributed by atoms with Crippen molar-refractivity contribution in [1.29, 1.82) is 0 Å². The molecule has 8 rings (SSSR count). The third-order valence-electron chi connectivity index (χ3n) is 9.05. The molecule has 0 N–H and O–H groups in total. The second-order valence-electron chi connectivity index (χ2n) is 12.7. The third-order valence-corrected chi connectivity index (χ3v) is 9.05. The zero-order chi connectivity index (χ0) is 32.1. The Hall–Kier alpha value is -4.43. The van der Waals surface area contributed by atoms with Gasteiger partial charge in [0, 0.05) is 55.1 Å². The van der Waals surface area contributed by atoms with Crippen LogP contribution in [0.3, 0.4) is 0 Å². The van der Waals surface area contributed by atoms with E-state index in [0.29, 0.717) is 11.5 Å². The zero-order valence-electron chi connectivity index (χ0n) is 27.5. The molecule has 0 amide bonds. The van der Waals surface area contributed by atoms with Gasteiger partial charge in [-0.05, 0) is 40.5 Å². The molecule has 0 spiro atoms. The summed E-state index contributed by atoms with van der Waals surface area (Å²) in [5, 5.41) is 8.02. The van der Waals surface area contributed by atoms with Gasteiger partial charge in [0.1, 0.15) is 0 Å². The first-order valence-corrected chi connectivity index (χ1v) is 15.8. The minimum absolute atomic E-state index is 0. The Morgan fingerprint density at radius 2 is 1.51 bits per heavy atom. The molecule has 0 saturated carbocycles. The predicted octanol–water partition coefficient (Wildman–Crippen LogP) is 10.2. The Morgan fingerprint density at radius 3 is 2.31 bits per heavy atom. The van der Waals surface area contributed by atoms with Gasteiger partial charge >= 0.3 is 21.1 Å². The van der Waals surface area contributed by atoms with Gasteiger partial charge in [-0.25, -0.2) is 0 Å².